The predicted molar refractivity (Wildman–Crippen MR) is 132 cm³/mol. The van der Waals surface area contributed by atoms with Crippen LogP contribution in [-0.4, -0.2) is 56.7 Å². The van der Waals surface area contributed by atoms with Gasteiger partial charge in [0.1, 0.15) is 6.61 Å². The van der Waals surface area contributed by atoms with Gasteiger partial charge in [0.25, 0.3) is 0 Å². The van der Waals surface area contributed by atoms with Gasteiger partial charge in [0.05, 0.1) is 31.5 Å². The maximum absolute atomic E-state index is 12.4. The molecule has 2 atom stereocenters. The fraction of sp³-hybridized carbons (Fsp3) is 0.320. The molecule has 4 N–H and O–H groups in total. The van der Waals surface area contributed by atoms with Gasteiger partial charge in [0.15, 0.2) is 29.2 Å². The lowest BCUT2D eigenvalue weighted by Gasteiger charge is -2.28. The van der Waals surface area contributed by atoms with Crippen LogP contribution in [0.2, 0.25) is 0 Å². The maximum atomic E-state index is 12.4. The van der Waals surface area contributed by atoms with Crippen LogP contribution in [0.1, 0.15) is 31.0 Å². The number of rotatable bonds is 10. The molecule has 2 aliphatic heterocycles. The van der Waals surface area contributed by atoms with Gasteiger partial charge in [-0.25, -0.2) is 9.59 Å². The van der Waals surface area contributed by atoms with Crippen molar-refractivity contribution >= 4 is 18.2 Å². The molecule has 2 heterocycles. The van der Waals surface area contributed by atoms with Gasteiger partial charge in [-0.1, -0.05) is 6.07 Å². The van der Waals surface area contributed by atoms with Crippen LogP contribution < -0.4 is 35.0 Å². The number of carbonyl (C=O) groups is 2. The Bertz CT molecular complexity index is 1230. The number of amides is 2. The number of aliphatic hydroxyl groups is 1. The summed E-state index contributed by atoms with van der Waals surface area (Å²) >= 11 is 0. The minimum Gasteiger partial charge on any atom is -0.490 e. The van der Waals surface area contributed by atoms with E-state index in [0.29, 0.717) is 40.9 Å². The lowest BCUT2D eigenvalue weighted by Crippen LogP contribution is -2.45. The number of nitrogens with one attached hydrogen (secondary N) is 3. The monoisotopic (exact) mass is 512 g/mol. The van der Waals surface area contributed by atoms with Crippen molar-refractivity contribution in [1.82, 2.24) is 16.1 Å². The highest BCUT2D eigenvalue weighted by Gasteiger charge is 2.32. The third-order valence-electron chi connectivity index (χ3n) is 5.51. The number of benzene rings is 2. The topological polar surface area (TPSA) is 149 Å². The molecule has 2 aromatic rings. The Morgan fingerprint density at radius 2 is 2.03 bits per heavy atom. The van der Waals surface area contributed by atoms with Crippen LogP contribution in [-0.2, 0) is 9.53 Å². The van der Waals surface area contributed by atoms with Crippen LogP contribution in [0.3, 0.4) is 0 Å². The summed E-state index contributed by atoms with van der Waals surface area (Å²) in [6, 6.07) is 9.19. The molecule has 0 fully saturated rings. The smallest absolute Gasteiger partial charge is 0.337 e. The number of carbonyl (C=O) groups excluding carboxylic acids is 2. The molecule has 0 saturated carbocycles. The Balaban J connectivity index is 1.42. The molecule has 0 unspecified atom stereocenters. The van der Waals surface area contributed by atoms with Crippen molar-refractivity contribution in [3.63, 3.8) is 0 Å². The molecular formula is C25H28N4O8. The van der Waals surface area contributed by atoms with Crippen LogP contribution in [0.25, 0.3) is 0 Å². The summed E-state index contributed by atoms with van der Waals surface area (Å²) in [6.07, 6.45) is 0.424. The van der Waals surface area contributed by atoms with Gasteiger partial charge >= 0.3 is 12.0 Å². The molecule has 0 aromatic heterocycles. The molecule has 12 nitrogen and oxygen atoms in total. The minimum absolute atomic E-state index is 0.131. The van der Waals surface area contributed by atoms with E-state index in [-0.39, 0.29) is 19.0 Å². The molecule has 2 aromatic carbocycles. The molecular weight excluding hydrogens is 484 g/mol. The Kier molecular flexibility index (Phi) is 7.98. The van der Waals surface area contributed by atoms with E-state index in [9.17, 15) is 14.7 Å². The first-order valence-electron chi connectivity index (χ1n) is 11.5. The molecule has 196 valence electrons. The molecule has 0 bridgehead atoms. The molecule has 4 rings (SSSR count). The standard InChI is InChI=1S/C25H28N4O8/c1-4-34-20-10-16(23-22(24(31)33-3)14(2)27-25(32)28-23)6-8-17(20)35-12-21(30)29-26-11-15-5-7-18-19(9-15)37-13-36-18/h5-11,21,23,29-30H,4,12-13H2,1-3H3,(H2,27,28,32)/b26-11-/t21-,23-/m1/s1. The fourth-order valence-corrected chi connectivity index (χ4v) is 3.81. The van der Waals surface area contributed by atoms with Crippen LogP contribution in [0.5, 0.6) is 23.0 Å². The first kappa shape index (κ1) is 25.6. The van der Waals surface area contributed by atoms with Crippen LogP contribution >= 0.6 is 0 Å². The van der Waals surface area contributed by atoms with E-state index in [2.05, 4.69) is 21.2 Å². The average molecular weight is 513 g/mol. The Labute approximate surface area is 213 Å². The summed E-state index contributed by atoms with van der Waals surface area (Å²) in [5.41, 5.74) is 4.63. The van der Waals surface area contributed by atoms with E-state index in [1.54, 1.807) is 37.3 Å². The molecule has 37 heavy (non-hydrogen) atoms. The molecule has 0 spiro atoms. The molecule has 0 saturated heterocycles. The SMILES string of the molecule is CCOc1cc([C@H]2NC(=O)NC(C)=C2C(=O)OC)ccc1OC[C@@H](O)N/N=C\c1ccc2c(c1)OCO2. The summed E-state index contributed by atoms with van der Waals surface area (Å²) in [5.74, 6) is 1.49. The number of aliphatic hydroxyl groups excluding tert-OH is 1. The third-order valence-corrected chi connectivity index (χ3v) is 5.51. The van der Waals surface area contributed by atoms with E-state index in [1.165, 1.54) is 13.3 Å². The zero-order valence-corrected chi connectivity index (χ0v) is 20.6. The zero-order valence-electron chi connectivity index (χ0n) is 20.6. The molecule has 0 aliphatic carbocycles. The van der Waals surface area contributed by atoms with E-state index >= 15 is 0 Å². The first-order chi connectivity index (χ1) is 17.9. The molecule has 0 radical (unpaired) electrons. The Morgan fingerprint density at radius 3 is 2.81 bits per heavy atom. The number of methoxy groups -OCH3 is 1. The quantitative estimate of drug-likeness (QED) is 0.162. The fourth-order valence-electron chi connectivity index (χ4n) is 3.81. The van der Waals surface area contributed by atoms with E-state index in [4.69, 9.17) is 23.7 Å². The van der Waals surface area contributed by atoms with Gasteiger partial charge in [-0.2, -0.15) is 5.10 Å². The van der Waals surface area contributed by atoms with Crippen molar-refractivity contribution in [2.75, 3.05) is 27.1 Å². The van der Waals surface area contributed by atoms with Crippen molar-refractivity contribution in [2.45, 2.75) is 26.1 Å². The van der Waals surface area contributed by atoms with Crippen molar-refractivity contribution < 1.29 is 38.4 Å². The summed E-state index contributed by atoms with van der Waals surface area (Å²) in [4.78, 5) is 24.4. The molecule has 2 amide bonds. The number of hydrogen-bond donors (Lipinski definition) is 4. The largest absolute Gasteiger partial charge is 0.490 e. The van der Waals surface area contributed by atoms with Crippen molar-refractivity contribution in [1.29, 1.82) is 0 Å². The number of ether oxygens (including phenoxy) is 5. The molecule has 2 aliphatic rings. The first-order valence-corrected chi connectivity index (χ1v) is 11.5. The molecule has 12 heteroatoms. The van der Waals surface area contributed by atoms with Gasteiger partial charge in [-0.05, 0) is 55.3 Å². The van der Waals surface area contributed by atoms with Crippen LogP contribution in [0.4, 0.5) is 4.79 Å². The predicted octanol–water partition coefficient (Wildman–Crippen LogP) is 1.94. The van der Waals surface area contributed by atoms with Gasteiger partial charge in [0.2, 0.25) is 6.79 Å². The number of urea groups is 1. The second kappa shape index (κ2) is 11.5. The summed E-state index contributed by atoms with van der Waals surface area (Å²) in [5, 5.41) is 19.6. The summed E-state index contributed by atoms with van der Waals surface area (Å²) in [6.45, 7) is 3.84. The minimum atomic E-state index is -1.11. The number of esters is 1. The number of allylic oxidation sites excluding steroid dienone is 1. The lowest BCUT2D eigenvalue weighted by molar-refractivity contribution is -0.136. The second-order valence-corrected chi connectivity index (χ2v) is 8.03. The van der Waals surface area contributed by atoms with E-state index in [0.717, 1.165) is 5.56 Å². The van der Waals surface area contributed by atoms with Crippen LogP contribution in [0.15, 0.2) is 52.8 Å². The Morgan fingerprint density at radius 1 is 1.22 bits per heavy atom. The van der Waals surface area contributed by atoms with Crippen LogP contribution in [0, 0.1) is 0 Å². The second-order valence-electron chi connectivity index (χ2n) is 8.03. The van der Waals surface area contributed by atoms with E-state index in [1.807, 2.05) is 13.0 Å². The average Bonchev–Trinajstić information content (AvgIpc) is 3.35. The van der Waals surface area contributed by atoms with Crippen molar-refractivity contribution in [2.24, 2.45) is 5.10 Å². The van der Waals surface area contributed by atoms with Crippen molar-refractivity contribution in [3.05, 3.63) is 58.8 Å². The number of fused-ring (bicyclic) bond motifs is 1. The highest BCUT2D eigenvalue weighted by molar-refractivity contribution is 5.95. The van der Waals surface area contributed by atoms with Gasteiger partial charge < -0.3 is 39.4 Å². The number of hydrazone groups is 1. The lowest BCUT2D eigenvalue weighted by atomic mass is 9.95. The normalized spacial score (nSPS) is 17.2. The summed E-state index contributed by atoms with van der Waals surface area (Å²) < 4.78 is 27.0. The third kappa shape index (κ3) is 6.04. The van der Waals surface area contributed by atoms with Gasteiger partial charge in [-0.15, -0.1) is 0 Å². The highest BCUT2D eigenvalue weighted by Crippen LogP contribution is 2.35. The maximum Gasteiger partial charge on any atom is 0.337 e. The highest BCUT2D eigenvalue weighted by atomic mass is 16.7. The van der Waals surface area contributed by atoms with Gasteiger partial charge in [-0.3, -0.25) is 5.43 Å². The van der Waals surface area contributed by atoms with E-state index < -0.39 is 24.3 Å². The van der Waals surface area contributed by atoms with Crippen molar-refractivity contribution in [3.8, 4) is 23.0 Å². The summed E-state index contributed by atoms with van der Waals surface area (Å²) in [7, 11) is 1.27. The van der Waals surface area contributed by atoms with Gasteiger partial charge in [0, 0.05) is 5.70 Å². The number of hydrogen-bond acceptors (Lipinski definition) is 10. The zero-order chi connectivity index (χ0) is 26.4. The Hall–Kier alpha value is -4.45. The number of nitrogens with zero attached hydrogens (tertiary/aromatic N) is 1.